The lowest BCUT2D eigenvalue weighted by Gasteiger charge is -2.32. The Labute approximate surface area is 137 Å². The maximum absolute atomic E-state index is 5.93. The minimum atomic E-state index is -0.00597. The molecule has 1 fully saturated rings. The summed E-state index contributed by atoms with van der Waals surface area (Å²) in [6, 6.07) is 16.5. The van der Waals surface area contributed by atoms with Crippen molar-refractivity contribution in [3.8, 4) is 5.75 Å². The molecule has 2 unspecified atom stereocenters. The molecule has 1 N–H and O–H groups in total. The van der Waals surface area contributed by atoms with Crippen LogP contribution >= 0.6 is 0 Å². The largest absolute Gasteiger partial charge is 0.497 e. The average molecular weight is 313 g/mol. The smallest absolute Gasteiger partial charge is 0.119 e. The first-order chi connectivity index (χ1) is 11.3. The van der Waals surface area contributed by atoms with Gasteiger partial charge in [-0.3, -0.25) is 0 Å². The average Bonchev–Trinajstić information content (AvgIpc) is 2.62. The van der Waals surface area contributed by atoms with Gasteiger partial charge in [-0.25, -0.2) is 0 Å². The van der Waals surface area contributed by atoms with Gasteiger partial charge in [-0.15, -0.1) is 0 Å². The first-order valence-corrected chi connectivity index (χ1v) is 7.93. The van der Waals surface area contributed by atoms with Gasteiger partial charge in [0.1, 0.15) is 11.9 Å². The SMILES string of the molecule is COc1ccc(NC(c2ccc(C)cc2)C2COCCO2)cc1. The van der Waals surface area contributed by atoms with E-state index in [1.165, 1.54) is 11.1 Å². The molecule has 1 aliphatic rings. The van der Waals surface area contributed by atoms with Gasteiger partial charge in [0.05, 0.1) is 33.0 Å². The fourth-order valence-electron chi connectivity index (χ4n) is 2.73. The molecule has 2 aromatic rings. The number of nitrogens with one attached hydrogen (secondary N) is 1. The van der Waals surface area contributed by atoms with Crippen molar-refractivity contribution in [3.05, 3.63) is 59.7 Å². The third-order valence-corrected chi connectivity index (χ3v) is 4.06. The van der Waals surface area contributed by atoms with Crippen molar-refractivity contribution in [2.24, 2.45) is 0 Å². The molecule has 1 aliphatic heterocycles. The Morgan fingerprint density at radius 3 is 2.39 bits per heavy atom. The molecular formula is C19H23NO3. The van der Waals surface area contributed by atoms with Gasteiger partial charge in [0.15, 0.2) is 0 Å². The van der Waals surface area contributed by atoms with Gasteiger partial charge >= 0.3 is 0 Å². The second-order valence-electron chi connectivity index (χ2n) is 5.75. The Hall–Kier alpha value is -2.04. The lowest BCUT2D eigenvalue weighted by molar-refractivity contribution is -0.0950. The van der Waals surface area contributed by atoms with E-state index in [4.69, 9.17) is 14.2 Å². The molecule has 2 aromatic carbocycles. The highest BCUT2D eigenvalue weighted by Gasteiger charge is 2.26. The van der Waals surface area contributed by atoms with E-state index in [0.717, 1.165) is 11.4 Å². The summed E-state index contributed by atoms with van der Waals surface area (Å²) in [5.74, 6) is 0.847. The van der Waals surface area contributed by atoms with Crippen LogP contribution in [0.3, 0.4) is 0 Å². The predicted molar refractivity (Wildman–Crippen MR) is 91.1 cm³/mol. The van der Waals surface area contributed by atoms with Crippen LogP contribution in [0.5, 0.6) is 5.75 Å². The second kappa shape index (κ2) is 7.49. The van der Waals surface area contributed by atoms with E-state index in [9.17, 15) is 0 Å². The van der Waals surface area contributed by atoms with E-state index < -0.39 is 0 Å². The summed E-state index contributed by atoms with van der Waals surface area (Å²) in [7, 11) is 1.67. The van der Waals surface area contributed by atoms with Crippen LogP contribution in [0.15, 0.2) is 48.5 Å². The first-order valence-electron chi connectivity index (χ1n) is 7.93. The molecule has 4 heteroatoms. The molecule has 1 heterocycles. The molecule has 23 heavy (non-hydrogen) atoms. The predicted octanol–water partition coefficient (Wildman–Crippen LogP) is 3.57. The molecule has 3 rings (SSSR count). The standard InChI is InChI=1S/C19H23NO3/c1-14-3-5-15(6-4-14)19(18-13-22-11-12-23-18)20-16-7-9-17(21-2)10-8-16/h3-10,18-20H,11-13H2,1-2H3. The maximum atomic E-state index is 5.93. The number of benzene rings is 2. The summed E-state index contributed by atoms with van der Waals surface area (Å²) in [5, 5.41) is 3.58. The van der Waals surface area contributed by atoms with Crippen LogP contribution in [0.1, 0.15) is 17.2 Å². The normalized spacial score (nSPS) is 19.1. The molecule has 0 aliphatic carbocycles. The van der Waals surface area contributed by atoms with Crippen molar-refractivity contribution < 1.29 is 14.2 Å². The Balaban J connectivity index is 1.82. The van der Waals surface area contributed by atoms with Crippen LogP contribution in [0.2, 0.25) is 0 Å². The number of methoxy groups -OCH3 is 1. The van der Waals surface area contributed by atoms with Crippen molar-refractivity contribution in [2.45, 2.75) is 19.1 Å². The summed E-state index contributed by atoms with van der Waals surface area (Å²) in [4.78, 5) is 0. The molecular weight excluding hydrogens is 290 g/mol. The second-order valence-corrected chi connectivity index (χ2v) is 5.75. The molecule has 122 valence electrons. The van der Waals surface area contributed by atoms with Gasteiger partial charge in [0.2, 0.25) is 0 Å². The van der Waals surface area contributed by atoms with Crippen LogP contribution in [0.4, 0.5) is 5.69 Å². The third kappa shape index (κ3) is 4.03. The molecule has 1 saturated heterocycles. The maximum Gasteiger partial charge on any atom is 0.119 e. The Bertz CT molecular complexity index is 604. The van der Waals surface area contributed by atoms with Gasteiger partial charge < -0.3 is 19.5 Å². The molecule has 0 spiro atoms. The van der Waals surface area contributed by atoms with Crippen molar-refractivity contribution in [1.82, 2.24) is 0 Å². The number of rotatable bonds is 5. The molecule has 0 aromatic heterocycles. The number of ether oxygens (including phenoxy) is 3. The van der Waals surface area contributed by atoms with Gasteiger partial charge in [-0.1, -0.05) is 29.8 Å². The summed E-state index contributed by atoms with van der Waals surface area (Å²) in [6.07, 6.45) is -0.00597. The molecule has 2 atom stereocenters. The third-order valence-electron chi connectivity index (χ3n) is 4.06. The first kappa shape index (κ1) is 15.8. The molecule has 4 nitrogen and oxygen atoms in total. The fourth-order valence-corrected chi connectivity index (χ4v) is 2.73. The number of anilines is 1. The zero-order valence-corrected chi connectivity index (χ0v) is 13.6. The monoisotopic (exact) mass is 313 g/mol. The quantitative estimate of drug-likeness (QED) is 0.916. The van der Waals surface area contributed by atoms with Crippen LogP contribution in [0.25, 0.3) is 0 Å². The van der Waals surface area contributed by atoms with E-state index >= 15 is 0 Å². The zero-order chi connectivity index (χ0) is 16.1. The van der Waals surface area contributed by atoms with Crippen LogP contribution in [0, 0.1) is 6.92 Å². The highest BCUT2D eigenvalue weighted by Crippen LogP contribution is 2.27. The highest BCUT2D eigenvalue weighted by atomic mass is 16.6. The van der Waals surface area contributed by atoms with Gasteiger partial charge in [-0.2, -0.15) is 0 Å². The summed E-state index contributed by atoms with van der Waals surface area (Å²) >= 11 is 0. The number of hydrogen-bond acceptors (Lipinski definition) is 4. The molecule has 0 amide bonds. The Kier molecular flexibility index (Phi) is 5.16. The Morgan fingerprint density at radius 1 is 1.04 bits per heavy atom. The van der Waals surface area contributed by atoms with Crippen molar-refractivity contribution in [1.29, 1.82) is 0 Å². The Morgan fingerprint density at radius 2 is 1.78 bits per heavy atom. The summed E-state index contributed by atoms with van der Waals surface area (Å²) < 4.78 is 16.7. The van der Waals surface area contributed by atoms with Crippen LogP contribution < -0.4 is 10.1 Å². The number of hydrogen-bond donors (Lipinski definition) is 1. The van der Waals surface area contributed by atoms with Gasteiger partial charge in [0.25, 0.3) is 0 Å². The zero-order valence-electron chi connectivity index (χ0n) is 13.6. The lowest BCUT2D eigenvalue weighted by Crippen LogP contribution is -2.37. The van der Waals surface area contributed by atoms with Crippen molar-refractivity contribution in [2.75, 3.05) is 32.2 Å². The summed E-state index contributed by atoms with van der Waals surface area (Å²) in [6.45, 7) is 3.99. The highest BCUT2D eigenvalue weighted by molar-refractivity contribution is 5.48. The minimum Gasteiger partial charge on any atom is -0.497 e. The topological polar surface area (TPSA) is 39.7 Å². The van der Waals surface area contributed by atoms with Gasteiger partial charge in [0, 0.05) is 5.69 Å². The van der Waals surface area contributed by atoms with Crippen LogP contribution in [-0.4, -0.2) is 33.0 Å². The molecule has 0 bridgehead atoms. The van der Waals surface area contributed by atoms with E-state index in [1.807, 2.05) is 24.3 Å². The van der Waals surface area contributed by atoms with E-state index in [2.05, 4.69) is 36.5 Å². The minimum absolute atomic E-state index is 0.00597. The van der Waals surface area contributed by atoms with Crippen molar-refractivity contribution in [3.63, 3.8) is 0 Å². The van der Waals surface area contributed by atoms with Gasteiger partial charge in [-0.05, 0) is 36.8 Å². The van der Waals surface area contributed by atoms with E-state index in [0.29, 0.717) is 19.8 Å². The lowest BCUT2D eigenvalue weighted by atomic mass is 9.99. The molecule has 0 saturated carbocycles. The number of aryl methyl sites for hydroxylation is 1. The van der Waals surface area contributed by atoms with Crippen molar-refractivity contribution >= 4 is 5.69 Å². The van der Waals surface area contributed by atoms with Crippen LogP contribution in [-0.2, 0) is 9.47 Å². The molecule has 0 radical (unpaired) electrons. The van der Waals surface area contributed by atoms with E-state index in [1.54, 1.807) is 7.11 Å². The summed E-state index contributed by atoms with van der Waals surface area (Å²) in [5.41, 5.74) is 3.48. The fraction of sp³-hybridized carbons (Fsp3) is 0.368. The van der Waals surface area contributed by atoms with E-state index in [-0.39, 0.29) is 12.1 Å².